The number of nitrogens with zero attached hydrogens (tertiary/aromatic N) is 1. The lowest BCUT2D eigenvalue weighted by molar-refractivity contribution is 0.0697. The van der Waals surface area contributed by atoms with Gasteiger partial charge < -0.3 is 5.11 Å². The highest BCUT2D eigenvalue weighted by molar-refractivity contribution is 7.91. The molecule has 0 atom stereocenters. The molecule has 19 heavy (non-hydrogen) atoms. The van der Waals surface area contributed by atoms with Crippen LogP contribution in [0, 0.1) is 11.3 Å². The Morgan fingerprint density at radius 3 is 2.53 bits per heavy atom. The van der Waals surface area contributed by atoms with E-state index < -0.39 is 26.4 Å². The molecule has 1 aromatic carbocycles. The monoisotopic (exact) mass is 321 g/mol. The summed E-state index contributed by atoms with van der Waals surface area (Å²) >= 11 is 11.5. The second-order valence-corrected chi connectivity index (χ2v) is 6.48. The van der Waals surface area contributed by atoms with Crippen LogP contribution < -0.4 is 0 Å². The Morgan fingerprint density at radius 1 is 1.37 bits per heavy atom. The molecule has 0 aliphatic heterocycles. The van der Waals surface area contributed by atoms with E-state index in [0.29, 0.717) is 0 Å². The van der Waals surface area contributed by atoms with E-state index in [1.165, 1.54) is 12.1 Å². The summed E-state index contributed by atoms with van der Waals surface area (Å²) in [4.78, 5) is 10.7. The Morgan fingerprint density at radius 2 is 2.00 bits per heavy atom. The highest BCUT2D eigenvalue weighted by atomic mass is 35.5. The number of carbonyl (C=O) groups is 1. The second kappa shape index (κ2) is 6.24. The summed E-state index contributed by atoms with van der Waals surface area (Å²) < 4.78 is 24.0. The van der Waals surface area contributed by atoms with E-state index in [0.717, 1.165) is 0 Å². The SMILES string of the molecule is N#CCCCS(=O)(=O)c1ccc(Cl)c(C(=O)O)c1Cl. The fourth-order valence-electron chi connectivity index (χ4n) is 1.42. The Kier molecular flexibility index (Phi) is 5.18. The maximum absolute atomic E-state index is 12.0. The molecule has 0 radical (unpaired) electrons. The standard InChI is InChI=1S/C11H9Cl2NO4S/c12-7-3-4-8(10(13)9(7)11(15)16)19(17,18)6-2-1-5-14/h3-4H,1-2,6H2,(H,15,16). The summed E-state index contributed by atoms with van der Waals surface area (Å²) in [6.45, 7) is 0. The van der Waals surface area contributed by atoms with Gasteiger partial charge in [-0.15, -0.1) is 0 Å². The lowest BCUT2D eigenvalue weighted by atomic mass is 10.2. The van der Waals surface area contributed by atoms with Gasteiger partial charge >= 0.3 is 5.97 Å². The van der Waals surface area contributed by atoms with Crippen LogP contribution in [0.4, 0.5) is 0 Å². The van der Waals surface area contributed by atoms with Gasteiger partial charge in [0.1, 0.15) is 0 Å². The van der Waals surface area contributed by atoms with Crippen LogP contribution in [0.1, 0.15) is 23.2 Å². The topological polar surface area (TPSA) is 95.2 Å². The van der Waals surface area contributed by atoms with Gasteiger partial charge in [0.05, 0.1) is 32.3 Å². The first kappa shape index (κ1) is 15.8. The first-order valence-corrected chi connectivity index (χ1v) is 7.53. The molecule has 5 nitrogen and oxygen atoms in total. The third-order valence-corrected chi connectivity index (χ3v) is 4.96. The fraction of sp³-hybridized carbons (Fsp3) is 0.273. The number of benzene rings is 1. The molecule has 0 bridgehead atoms. The van der Waals surface area contributed by atoms with Gasteiger partial charge in [0.2, 0.25) is 0 Å². The molecule has 0 aliphatic carbocycles. The van der Waals surface area contributed by atoms with Crippen molar-refractivity contribution in [2.24, 2.45) is 0 Å². The molecule has 0 saturated carbocycles. The Balaban J connectivity index is 3.26. The summed E-state index contributed by atoms with van der Waals surface area (Å²) in [6.07, 6.45) is 0.246. The summed E-state index contributed by atoms with van der Waals surface area (Å²) in [5, 5.41) is 16.8. The molecule has 0 unspecified atom stereocenters. The van der Waals surface area contributed by atoms with Crippen LogP contribution in [0.3, 0.4) is 0 Å². The van der Waals surface area contributed by atoms with Crippen molar-refractivity contribution in [3.05, 3.63) is 27.7 Å². The van der Waals surface area contributed by atoms with Crippen LogP contribution in [0.2, 0.25) is 10.0 Å². The van der Waals surface area contributed by atoms with Gasteiger partial charge in [0.15, 0.2) is 9.84 Å². The van der Waals surface area contributed by atoms with E-state index in [1.54, 1.807) is 0 Å². The Bertz CT molecular complexity index is 649. The van der Waals surface area contributed by atoms with E-state index in [2.05, 4.69) is 0 Å². The summed E-state index contributed by atoms with van der Waals surface area (Å²) in [6, 6.07) is 4.17. The molecule has 8 heteroatoms. The number of hydrogen-bond acceptors (Lipinski definition) is 4. The number of halogens is 2. The maximum atomic E-state index is 12.0. The Hall–Kier alpha value is -1.29. The first-order valence-electron chi connectivity index (χ1n) is 5.12. The van der Waals surface area contributed by atoms with Gasteiger partial charge in [0.25, 0.3) is 0 Å². The molecular formula is C11H9Cl2NO4S. The first-order chi connectivity index (χ1) is 8.81. The van der Waals surface area contributed by atoms with Crippen LogP contribution in [-0.4, -0.2) is 25.2 Å². The zero-order valence-corrected chi connectivity index (χ0v) is 11.9. The maximum Gasteiger partial charge on any atom is 0.338 e. The number of carboxylic acid groups (broad SMARTS) is 1. The molecule has 0 saturated heterocycles. The smallest absolute Gasteiger partial charge is 0.338 e. The van der Waals surface area contributed by atoms with E-state index in [-0.39, 0.29) is 28.5 Å². The number of carboxylic acids is 1. The molecule has 0 amide bonds. The fourth-order valence-corrected chi connectivity index (χ4v) is 3.70. The van der Waals surface area contributed by atoms with Gasteiger partial charge in [-0.25, -0.2) is 13.2 Å². The molecule has 1 N–H and O–H groups in total. The minimum atomic E-state index is -3.74. The largest absolute Gasteiger partial charge is 0.478 e. The van der Waals surface area contributed by atoms with Crippen molar-refractivity contribution in [3.63, 3.8) is 0 Å². The molecule has 1 rings (SSSR count). The van der Waals surface area contributed by atoms with Crippen molar-refractivity contribution in [2.45, 2.75) is 17.7 Å². The van der Waals surface area contributed by atoms with Crippen molar-refractivity contribution in [1.82, 2.24) is 0 Å². The third kappa shape index (κ3) is 3.60. The van der Waals surface area contributed by atoms with Crippen LogP contribution in [0.15, 0.2) is 17.0 Å². The summed E-state index contributed by atoms with van der Waals surface area (Å²) in [7, 11) is -3.74. The van der Waals surface area contributed by atoms with Crippen LogP contribution in [0.5, 0.6) is 0 Å². The normalized spacial score (nSPS) is 11.0. The number of sulfone groups is 1. The molecular weight excluding hydrogens is 313 g/mol. The zero-order valence-electron chi connectivity index (χ0n) is 9.56. The average molecular weight is 322 g/mol. The number of hydrogen-bond donors (Lipinski definition) is 1. The minimum absolute atomic E-state index is 0.0935. The van der Waals surface area contributed by atoms with Crippen LogP contribution >= 0.6 is 23.2 Å². The quantitative estimate of drug-likeness (QED) is 0.841. The van der Waals surface area contributed by atoms with E-state index in [1.807, 2.05) is 6.07 Å². The van der Waals surface area contributed by atoms with Crippen molar-refractivity contribution in [3.8, 4) is 6.07 Å². The van der Waals surface area contributed by atoms with Gasteiger partial charge in [-0.1, -0.05) is 23.2 Å². The lowest BCUT2D eigenvalue weighted by Crippen LogP contribution is -2.10. The molecule has 0 aliphatic rings. The summed E-state index contributed by atoms with van der Waals surface area (Å²) in [5.74, 6) is -1.68. The van der Waals surface area contributed by atoms with Gasteiger partial charge in [0, 0.05) is 6.42 Å². The van der Waals surface area contributed by atoms with Crippen LogP contribution in [-0.2, 0) is 9.84 Å². The van der Waals surface area contributed by atoms with Gasteiger partial charge in [-0.05, 0) is 18.6 Å². The second-order valence-electron chi connectivity index (χ2n) is 3.62. The molecule has 0 spiro atoms. The van der Waals surface area contributed by atoms with Gasteiger partial charge in [-0.2, -0.15) is 5.26 Å². The summed E-state index contributed by atoms with van der Waals surface area (Å²) in [5.41, 5.74) is -0.440. The zero-order chi connectivity index (χ0) is 14.6. The van der Waals surface area contributed by atoms with Crippen molar-refractivity contribution < 1.29 is 18.3 Å². The highest BCUT2D eigenvalue weighted by Gasteiger charge is 2.24. The van der Waals surface area contributed by atoms with Gasteiger partial charge in [-0.3, -0.25) is 0 Å². The van der Waals surface area contributed by atoms with Crippen LogP contribution in [0.25, 0.3) is 0 Å². The predicted molar refractivity (Wildman–Crippen MR) is 70.3 cm³/mol. The lowest BCUT2D eigenvalue weighted by Gasteiger charge is -2.09. The number of aromatic carboxylic acids is 1. The number of unbranched alkanes of at least 4 members (excludes halogenated alkanes) is 1. The van der Waals surface area contributed by atoms with E-state index >= 15 is 0 Å². The molecule has 0 fully saturated rings. The number of rotatable bonds is 5. The van der Waals surface area contributed by atoms with Crippen molar-refractivity contribution in [1.29, 1.82) is 5.26 Å². The number of nitriles is 1. The minimum Gasteiger partial charge on any atom is -0.478 e. The van der Waals surface area contributed by atoms with Crippen molar-refractivity contribution >= 4 is 39.0 Å². The molecule has 0 heterocycles. The molecule has 1 aromatic rings. The van der Waals surface area contributed by atoms with E-state index in [4.69, 9.17) is 33.6 Å². The molecule has 0 aromatic heterocycles. The third-order valence-electron chi connectivity index (χ3n) is 2.31. The van der Waals surface area contributed by atoms with Crippen molar-refractivity contribution in [2.75, 3.05) is 5.75 Å². The van der Waals surface area contributed by atoms with E-state index in [9.17, 15) is 13.2 Å². The Labute approximate surface area is 120 Å². The highest BCUT2D eigenvalue weighted by Crippen LogP contribution is 2.31. The molecule has 102 valence electrons. The predicted octanol–water partition coefficient (Wildman–Crippen LogP) is 2.77. The average Bonchev–Trinajstić information content (AvgIpc) is 2.28.